The lowest BCUT2D eigenvalue weighted by atomic mass is 10.1. The summed E-state index contributed by atoms with van der Waals surface area (Å²) in [7, 11) is 1.58. The first-order valence-corrected chi connectivity index (χ1v) is 10.7. The molecule has 0 aliphatic carbocycles. The summed E-state index contributed by atoms with van der Waals surface area (Å²) in [5, 5.41) is 11.7. The highest BCUT2D eigenvalue weighted by atomic mass is 32.1. The van der Waals surface area contributed by atoms with Gasteiger partial charge in [0.1, 0.15) is 5.69 Å². The standard InChI is InChI=1S/C23H23N5O2S/c1-15-7-9-18(10-8-15)28-20(14-30-3)21(26-27-28)22(29)25-23-24-13-19(31-23)12-17-6-4-5-16(2)11-17/h4-11,13H,12,14H2,1-3H3,(H,24,25,29). The Hall–Kier alpha value is -3.36. The summed E-state index contributed by atoms with van der Waals surface area (Å²) < 4.78 is 6.93. The molecule has 0 saturated heterocycles. The molecule has 2 heterocycles. The van der Waals surface area contributed by atoms with Crippen LogP contribution < -0.4 is 5.32 Å². The van der Waals surface area contributed by atoms with E-state index in [0.717, 1.165) is 22.5 Å². The average Bonchev–Trinajstić information content (AvgIpc) is 3.36. The fourth-order valence-electron chi connectivity index (χ4n) is 3.26. The van der Waals surface area contributed by atoms with Gasteiger partial charge in [-0.25, -0.2) is 9.67 Å². The highest BCUT2D eigenvalue weighted by molar-refractivity contribution is 7.15. The summed E-state index contributed by atoms with van der Waals surface area (Å²) >= 11 is 1.45. The summed E-state index contributed by atoms with van der Waals surface area (Å²) in [5.41, 5.74) is 5.19. The maximum absolute atomic E-state index is 12.9. The molecule has 0 radical (unpaired) electrons. The van der Waals surface area contributed by atoms with Crippen LogP contribution in [0.4, 0.5) is 5.13 Å². The van der Waals surface area contributed by atoms with Crippen molar-refractivity contribution in [1.29, 1.82) is 0 Å². The Morgan fingerprint density at radius 2 is 1.94 bits per heavy atom. The Labute approximate surface area is 184 Å². The normalized spacial score (nSPS) is 10.9. The van der Waals surface area contributed by atoms with Crippen molar-refractivity contribution in [2.45, 2.75) is 26.9 Å². The number of nitrogens with one attached hydrogen (secondary N) is 1. The first-order valence-electron chi connectivity index (χ1n) is 9.85. The summed E-state index contributed by atoms with van der Waals surface area (Å²) in [4.78, 5) is 18.3. The predicted molar refractivity (Wildman–Crippen MR) is 121 cm³/mol. The van der Waals surface area contributed by atoms with Gasteiger partial charge in [-0.1, -0.05) is 52.7 Å². The molecule has 0 aliphatic rings. The second kappa shape index (κ2) is 9.20. The number of aryl methyl sites for hydroxylation is 2. The van der Waals surface area contributed by atoms with Crippen LogP contribution in [0.1, 0.15) is 37.7 Å². The van der Waals surface area contributed by atoms with Gasteiger partial charge in [0.25, 0.3) is 5.91 Å². The van der Waals surface area contributed by atoms with E-state index in [1.54, 1.807) is 18.0 Å². The number of amides is 1. The minimum Gasteiger partial charge on any atom is -0.378 e. The number of hydrogen-bond donors (Lipinski definition) is 1. The van der Waals surface area contributed by atoms with Crippen molar-refractivity contribution in [2.75, 3.05) is 12.4 Å². The average molecular weight is 434 g/mol. The van der Waals surface area contributed by atoms with Crippen LogP contribution >= 0.6 is 11.3 Å². The van der Waals surface area contributed by atoms with Crippen LogP contribution in [-0.4, -0.2) is 33.0 Å². The third-order valence-corrected chi connectivity index (χ3v) is 5.69. The molecule has 1 N–H and O–H groups in total. The lowest BCUT2D eigenvalue weighted by molar-refractivity contribution is 0.101. The first kappa shape index (κ1) is 20.9. The van der Waals surface area contributed by atoms with Crippen molar-refractivity contribution >= 4 is 22.4 Å². The van der Waals surface area contributed by atoms with Crippen LogP contribution in [0.5, 0.6) is 0 Å². The molecule has 0 aliphatic heterocycles. The van der Waals surface area contributed by atoms with Gasteiger partial charge in [-0.2, -0.15) is 0 Å². The maximum atomic E-state index is 12.9. The second-order valence-corrected chi connectivity index (χ2v) is 8.43. The number of rotatable bonds is 7. The Balaban J connectivity index is 1.52. The van der Waals surface area contributed by atoms with Gasteiger partial charge < -0.3 is 4.74 Å². The zero-order valence-electron chi connectivity index (χ0n) is 17.6. The molecule has 8 heteroatoms. The molecule has 7 nitrogen and oxygen atoms in total. The van der Waals surface area contributed by atoms with Crippen LogP contribution in [0.3, 0.4) is 0 Å². The molecule has 2 aromatic carbocycles. The highest BCUT2D eigenvalue weighted by Crippen LogP contribution is 2.23. The number of hydrogen-bond acceptors (Lipinski definition) is 6. The van der Waals surface area contributed by atoms with Gasteiger partial charge in [0.2, 0.25) is 0 Å². The number of thiazole rings is 1. The summed E-state index contributed by atoms with van der Waals surface area (Å²) in [6, 6.07) is 16.2. The van der Waals surface area contributed by atoms with Crippen molar-refractivity contribution in [3.05, 3.63) is 87.7 Å². The maximum Gasteiger partial charge on any atom is 0.280 e. The van der Waals surface area contributed by atoms with Gasteiger partial charge in [0, 0.05) is 24.6 Å². The number of anilines is 1. The third kappa shape index (κ3) is 4.87. The van der Waals surface area contributed by atoms with E-state index in [9.17, 15) is 4.79 Å². The van der Waals surface area contributed by atoms with Gasteiger partial charge in [-0.3, -0.25) is 10.1 Å². The molecule has 1 amide bonds. The Bertz CT molecular complexity index is 1200. The number of benzene rings is 2. The number of carbonyl (C=O) groups is 1. The fraction of sp³-hybridized carbons (Fsp3) is 0.217. The number of methoxy groups -OCH3 is 1. The monoisotopic (exact) mass is 433 g/mol. The smallest absolute Gasteiger partial charge is 0.280 e. The Morgan fingerprint density at radius 3 is 2.68 bits per heavy atom. The fourth-order valence-corrected chi connectivity index (χ4v) is 4.11. The van der Waals surface area contributed by atoms with E-state index < -0.39 is 0 Å². The summed E-state index contributed by atoms with van der Waals surface area (Å²) in [6.07, 6.45) is 2.57. The minimum atomic E-state index is -0.359. The van der Waals surface area contributed by atoms with Crippen molar-refractivity contribution in [1.82, 2.24) is 20.0 Å². The van der Waals surface area contributed by atoms with Gasteiger partial charge in [0.05, 0.1) is 12.3 Å². The number of nitrogens with zero attached hydrogens (tertiary/aromatic N) is 4. The minimum absolute atomic E-state index is 0.208. The van der Waals surface area contributed by atoms with Crippen LogP contribution in [0.25, 0.3) is 5.69 Å². The summed E-state index contributed by atoms with van der Waals surface area (Å²) in [6.45, 7) is 4.30. The molecule has 0 bridgehead atoms. The predicted octanol–water partition coefficient (Wildman–Crippen LogP) is 4.33. The molecule has 0 atom stereocenters. The van der Waals surface area contributed by atoms with E-state index in [1.807, 2.05) is 37.3 Å². The molecule has 0 unspecified atom stereocenters. The van der Waals surface area contributed by atoms with Crippen LogP contribution in [0.2, 0.25) is 0 Å². The molecular formula is C23H23N5O2S. The third-order valence-electron chi connectivity index (χ3n) is 4.77. The lowest BCUT2D eigenvalue weighted by Gasteiger charge is -2.07. The molecule has 158 valence electrons. The molecule has 4 rings (SSSR count). The van der Waals surface area contributed by atoms with Crippen LogP contribution in [0, 0.1) is 13.8 Å². The van der Waals surface area contributed by atoms with Crippen LogP contribution in [-0.2, 0) is 17.8 Å². The molecule has 2 aromatic heterocycles. The van der Waals surface area contributed by atoms with E-state index in [1.165, 1.54) is 22.5 Å². The lowest BCUT2D eigenvalue weighted by Crippen LogP contribution is -2.15. The summed E-state index contributed by atoms with van der Waals surface area (Å²) in [5.74, 6) is -0.359. The Morgan fingerprint density at radius 1 is 1.13 bits per heavy atom. The van der Waals surface area contributed by atoms with Gasteiger partial charge in [-0.15, -0.1) is 16.4 Å². The van der Waals surface area contributed by atoms with Crippen molar-refractivity contribution < 1.29 is 9.53 Å². The molecule has 4 aromatic rings. The van der Waals surface area contributed by atoms with E-state index in [4.69, 9.17) is 4.74 Å². The van der Waals surface area contributed by atoms with E-state index in [-0.39, 0.29) is 18.2 Å². The first-order chi connectivity index (χ1) is 15.0. The van der Waals surface area contributed by atoms with Crippen LogP contribution in [0.15, 0.2) is 54.7 Å². The molecule has 0 saturated carbocycles. The Kier molecular flexibility index (Phi) is 6.20. The highest BCUT2D eigenvalue weighted by Gasteiger charge is 2.21. The van der Waals surface area contributed by atoms with Gasteiger partial charge >= 0.3 is 0 Å². The van der Waals surface area contributed by atoms with Gasteiger partial charge in [0.15, 0.2) is 10.8 Å². The van der Waals surface area contributed by atoms with Crippen molar-refractivity contribution in [2.24, 2.45) is 0 Å². The number of carbonyl (C=O) groups excluding carboxylic acids is 1. The molecule has 31 heavy (non-hydrogen) atoms. The van der Waals surface area contributed by atoms with E-state index in [2.05, 4.69) is 45.7 Å². The van der Waals surface area contributed by atoms with E-state index >= 15 is 0 Å². The van der Waals surface area contributed by atoms with Crippen molar-refractivity contribution in [3.63, 3.8) is 0 Å². The molecule has 0 spiro atoms. The van der Waals surface area contributed by atoms with E-state index in [0.29, 0.717) is 10.8 Å². The SMILES string of the molecule is COCc1c(C(=O)Nc2ncc(Cc3cccc(C)c3)s2)nnn1-c1ccc(C)cc1. The quantitative estimate of drug-likeness (QED) is 0.469. The zero-order valence-corrected chi connectivity index (χ0v) is 18.4. The number of aromatic nitrogens is 4. The molecular weight excluding hydrogens is 410 g/mol. The zero-order chi connectivity index (χ0) is 21.8. The number of ether oxygens (including phenoxy) is 1. The van der Waals surface area contributed by atoms with Crippen molar-refractivity contribution in [3.8, 4) is 5.69 Å². The molecule has 0 fully saturated rings. The largest absolute Gasteiger partial charge is 0.378 e. The van der Waals surface area contributed by atoms with Gasteiger partial charge in [-0.05, 0) is 31.5 Å². The second-order valence-electron chi connectivity index (χ2n) is 7.32. The topological polar surface area (TPSA) is 81.9 Å².